The molecular formula is C26H29N5O3. The van der Waals surface area contributed by atoms with Crippen LogP contribution in [0, 0.1) is 0 Å². The molecule has 5 rings (SSSR count). The van der Waals surface area contributed by atoms with Gasteiger partial charge in [0.25, 0.3) is 11.8 Å². The number of nitrogens with zero attached hydrogens (tertiary/aromatic N) is 4. The van der Waals surface area contributed by atoms with Crippen molar-refractivity contribution in [2.75, 3.05) is 49.1 Å². The quantitative estimate of drug-likeness (QED) is 0.632. The second kappa shape index (κ2) is 9.99. The number of carbonyl (C=O) groups excluding carboxylic acids is 2. The third-order valence-corrected chi connectivity index (χ3v) is 6.59. The van der Waals surface area contributed by atoms with Crippen molar-refractivity contribution in [3.05, 3.63) is 78.4 Å². The van der Waals surface area contributed by atoms with Crippen molar-refractivity contribution in [1.29, 1.82) is 0 Å². The Balaban J connectivity index is 1.19. The Kier molecular flexibility index (Phi) is 6.46. The molecule has 3 aromatic rings. The van der Waals surface area contributed by atoms with Crippen LogP contribution in [0.1, 0.15) is 33.8 Å². The Hall–Kier alpha value is -3.81. The van der Waals surface area contributed by atoms with Gasteiger partial charge in [-0.3, -0.25) is 9.59 Å². The molecule has 34 heavy (non-hydrogen) atoms. The summed E-state index contributed by atoms with van der Waals surface area (Å²) in [4.78, 5) is 36.6. The number of hydrogen-bond acceptors (Lipinski definition) is 6. The highest BCUT2D eigenvalue weighted by atomic mass is 16.3. The molecule has 2 aliphatic rings. The van der Waals surface area contributed by atoms with Crippen LogP contribution >= 0.6 is 0 Å². The summed E-state index contributed by atoms with van der Waals surface area (Å²) < 4.78 is 5.19. The first kappa shape index (κ1) is 22.0. The number of rotatable bonds is 5. The van der Waals surface area contributed by atoms with Crippen molar-refractivity contribution in [3.8, 4) is 0 Å². The monoisotopic (exact) mass is 459 g/mol. The largest absolute Gasteiger partial charge is 0.459 e. The van der Waals surface area contributed by atoms with Gasteiger partial charge in [0.15, 0.2) is 5.76 Å². The fourth-order valence-electron chi connectivity index (χ4n) is 4.71. The lowest BCUT2D eigenvalue weighted by molar-refractivity contribution is 0.0747. The Bertz CT molecular complexity index is 1100. The van der Waals surface area contributed by atoms with E-state index in [4.69, 9.17) is 4.42 Å². The summed E-state index contributed by atoms with van der Waals surface area (Å²) in [5.41, 5.74) is 1.71. The van der Waals surface area contributed by atoms with Crippen molar-refractivity contribution >= 4 is 23.3 Å². The summed E-state index contributed by atoms with van der Waals surface area (Å²) in [6.07, 6.45) is 4.94. The van der Waals surface area contributed by atoms with Gasteiger partial charge in [-0.15, -0.1) is 0 Å². The van der Waals surface area contributed by atoms with Crippen LogP contribution in [0.25, 0.3) is 0 Å². The third-order valence-electron chi connectivity index (χ3n) is 6.59. The normalized spacial score (nSPS) is 17.0. The lowest BCUT2D eigenvalue weighted by Crippen LogP contribution is -2.49. The maximum absolute atomic E-state index is 13.4. The smallest absolute Gasteiger partial charge is 0.287 e. The lowest BCUT2D eigenvalue weighted by Gasteiger charge is -2.37. The fourth-order valence-corrected chi connectivity index (χ4v) is 4.71. The third kappa shape index (κ3) is 4.76. The van der Waals surface area contributed by atoms with E-state index in [-0.39, 0.29) is 17.9 Å². The van der Waals surface area contributed by atoms with Crippen molar-refractivity contribution in [1.82, 2.24) is 15.2 Å². The Morgan fingerprint density at radius 2 is 1.62 bits per heavy atom. The first-order chi connectivity index (χ1) is 16.7. The van der Waals surface area contributed by atoms with Gasteiger partial charge in [-0.1, -0.05) is 18.2 Å². The summed E-state index contributed by atoms with van der Waals surface area (Å²) in [6.45, 7) is 4.44. The zero-order valence-corrected chi connectivity index (χ0v) is 19.1. The highest BCUT2D eigenvalue weighted by Gasteiger charge is 2.28. The van der Waals surface area contributed by atoms with Gasteiger partial charge in [0.1, 0.15) is 5.82 Å². The van der Waals surface area contributed by atoms with Gasteiger partial charge in [-0.25, -0.2) is 4.98 Å². The van der Waals surface area contributed by atoms with E-state index in [1.54, 1.807) is 18.3 Å². The predicted octanol–water partition coefficient (Wildman–Crippen LogP) is 3.04. The second-order valence-corrected chi connectivity index (χ2v) is 8.70. The number of piperazine rings is 1. The summed E-state index contributed by atoms with van der Waals surface area (Å²) in [5.74, 6) is 1.19. The topological polar surface area (TPSA) is 81.9 Å². The number of para-hydroxylation sites is 1. The van der Waals surface area contributed by atoms with Gasteiger partial charge in [0.2, 0.25) is 0 Å². The molecule has 1 N–H and O–H groups in total. The van der Waals surface area contributed by atoms with Gasteiger partial charge in [-0.05, 0) is 49.2 Å². The summed E-state index contributed by atoms with van der Waals surface area (Å²) in [5, 5.41) is 3.06. The molecule has 2 saturated heterocycles. The summed E-state index contributed by atoms with van der Waals surface area (Å²) in [6, 6.07) is 17.2. The van der Waals surface area contributed by atoms with E-state index in [2.05, 4.69) is 20.1 Å². The number of furan rings is 1. The molecule has 0 aliphatic carbocycles. The van der Waals surface area contributed by atoms with E-state index in [0.717, 1.165) is 56.1 Å². The molecule has 8 heteroatoms. The molecule has 8 nitrogen and oxygen atoms in total. The number of amides is 2. The minimum Gasteiger partial charge on any atom is -0.459 e. The van der Waals surface area contributed by atoms with Crippen molar-refractivity contribution in [2.45, 2.75) is 18.9 Å². The minimum absolute atomic E-state index is 0.0736. The molecule has 1 aromatic carbocycles. The molecule has 2 fully saturated rings. The summed E-state index contributed by atoms with van der Waals surface area (Å²) >= 11 is 0. The molecule has 0 spiro atoms. The number of anilines is 2. The molecular weight excluding hydrogens is 430 g/mol. The van der Waals surface area contributed by atoms with E-state index in [1.165, 1.54) is 6.26 Å². The predicted molar refractivity (Wildman–Crippen MR) is 130 cm³/mol. The molecule has 4 heterocycles. The Morgan fingerprint density at radius 3 is 2.32 bits per heavy atom. The van der Waals surface area contributed by atoms with Crippen LogP contribution in [-0.4, -0.2) is 67.0 Å². The van der Waals surface area contributed by atoms with Crippen molar-refractivity contribution < 1.29 is 14.0 Å². The van der Waals surface area contributed by atoms with E-state index < -0.39 is 0 Å². The van der Waals surface area contributed by atoms with Crippen LogP contribution in [0.5, 0.6) is 0 Å². The first-order valence-corrected chi connectivity index (χ1v) is 11.8. The van der Waals surface area contributed by atoms with E-state index >= 15 is 0 Å². The number of hydrogen-bond donors (Lipinski definition) is 1. The molecule has 0 atom stereocenters. The first-order valence-electron chi connectivity index (χ1n) is 11.8. The molecule has 2 amide bonds. The van der Waals surface area contributed by atoms with Crippen LogP contribution in [0.15, 0.2) is 71.5 Å². The van der Waals surface area contributed by atoms with Crippen LogP contribution in [0.4, 0.5) is 11.5 Å². The molecule has 0 saturated carbocycles. The van der Waals surface area contributed by atoms with Gasteiger partial charge < -0.3 is 24.4 Å². The van der Waals surface area contributed by atoms with E-state index in [0.29, 0.717) is 18.8 Å². The lowest BCUT2D eigenvalue weighted by atomic mass is 10.0. The zero-order chi connectivity index (χ0) is 23.3. The second-order valence-electron chi connectivity index (χ2n) is 8.70. The number of pyridine rings is 1. The fraction of sp³-hybridized carbons (Fsp3) is 0.346. The minimum atomic E-state index is -0.177. The van der Waals surface area contributed by atoms with Crippen molar-refractivity contribution in [3.63, 3.8) is 0 Å². The number of carbonyl (C=O) groups is 2. The van der Waals surface area contributed by atoms with Crippen LogP contribution in [-0.2, 0) is 0 Å². The Morgan fingerprint density at radius 1 is 0.853 bits per heavy atom. The highest BCUT2D eigenvalue weighted by Crippen LogP contribution is 2.26. The van der Waals surface area contributed by atoms with Gasteiger partial charge in [0.05, 0.1) is 11.8 Å². The van der Waals surface area contributed by atoms with Crippen LogP contribution < -0.4 is 15.1 Å². The molecule has 0 bridgehead atoms. The average Bonchev–Trinajstić information content (AvgIpc) is 3.45. The molecule has 2 aromatic heterocycles. The average molecular weight is 460 g/mol. The molecule has 176 valence electrons. The van der Waals surface area contributed by atoms with Gasteiger partial charge in [-0.2, -0.15) is 0 Å². The van der Waals surface area contributed by atoms with Gasteiger partial charge in [0, 0.05) is 57.2 Å². The number of benzene rings is 1. The SMILES string of the molecule is O=C(NC1CCN(c2ccccc2C(=O)N2CCN(c3ccccn3)CC2)CC1)c1ccco1. The zero-order valence-electron chi connectivity index (χ0n) is 19.1. The standard InChI is InChI=1S/C26H29N5O3/c32-25(23-8-5-19-34-23)28-20-10-13-29(14-11-20)22-7-2-1-6-21(22)26(33)31-17-15-30(16-18-31)24-9-3-4-12-27-24/h1-9,12,19-20H,10-11,13-18H2,(H,28,32). The molecule has 0 unspecified atom stereocenters. The number of piperidine rings is 1. The highest BCUT2D eigenvalue weighted by molar-refractivity contribution is 6.00. The summed E-state index contributed by atoms with van der Waals surface area (Å²) in [7, 11) is 0. The molecule has 0 radical (unpaired) electrons. The maximum atomic E-state index is 13.4. The van der Waals surface area contributed by atoms with Crippen LogP contribution in [0.3, 0.4) is 0 Å². The Labute approximate surface area is 199 Å². The van der Waals surface area contributed by atoms with E-state index in [1.807, 2.05) is 47.4 Å². The molecule has 2 aliphatic heterocycles. The number of nitrogens with one attached hydrogen (secondary N) is 1. The number of aromatic nitrogens is 1. The van der Waals surface area contributed by atoms with E-state index in [9.17, 15) is 9.59 Å². The maximum Gasteiger partial charge on any atom is 0.287 e. The van der Waals surface area contributed by atoms with Crippen molar-refractivity contribution in [2.24, 2.45) is 0 Å². The van der Waals surface area contributed by atoms with Crippen LogP contribution in [0.2, 0.25) is 0 Å². The van der Waals surface area contributed by atoms with Gasteiger partial charge >= 0.3 is 0 Å².